The Bertz CT molecular complexity index is 577. The van der Waals surface area contributed by atoms with Gasteiger partial charge in [0, 0.05) is 36.2 Å². The van der Waals surface area contributed by atoms with Crippen molar-refractivity contribution in [1.82, 2.24) is 0 Å². The van der Waals surface area contributed by atoms with Crippen molar-refractivity contribution in [2.45, 2.75) is 64.9 Å². The Morgan fingerprint density at radius 2 is 1.86 bits per heavy atom. The lowest BCUT2D eigenvalue weighted by molar-refractivity contribution is -0.165. The first-order valence-electron chi connectivity index (χ1n) is 8.82. The zero-order valence-corrected chi connectivity index (χ0v) is 13.9. The zero-order valence-electron chi connectivity index (χ0n) is 13.9. The van der Waals surface area contributed by atoms with Crippen LogP contribution in [0.1, 0.15) is 59.3 Å². The van der Waals surface area contributed by atoms with E-state index in [1.54, 1.807) is 6.08 Å². The Kier molecular flexibility index (Phi) is 2.93. The highest BCUT2D eigenvalue weighted by Gasteiger charge is 2.61. The molecule has 0 spiro atoms. The second-order valence-electron chi connectivity index (χ2n) is 8.42. The maximum atomic E-state index is 12.5. The summed E-state index contributed by atoms with van der Waals surface area (Å²) in [4.78, 5) is 24.5. The molecule has 6 atom stereocenters. The number of allylic oxidation sites excluding steroid dienone is 2. The number of hydrogen-bond acceptors (Lipinski definition) is 3. The van der Waals surface area contributed by atoms with Gasteiger partial charge in [0.2, 0.25) is 0 Å². The van der Waals surface area contributed by atoms with Gasteiger partial charge < -0.3 is 4.74 Å². The number of hydrogen-bond donors (Lipinski definition) is 0. The molecule has 2 saturated carbocycles. The number of carbonyl (C=O) groups is 2. The van der Waals surface area contributed by atoms with Crippen molar-refractivity contribution in [3.05, 3.63) is 11.8 Å². The van der Waals surface area contributed by atoms with Crippen molar-refractivity contribution in [3.63, 3.8) is 0 Å². The first kappa shape index (κ1) is 14.5. The molecule has 0 aromatic heterocycles. The summed E-state index contributed by atoms with van der Waals surface area (Å²) in [6.45, 7) is 6.59. The SMILES string of the molecule is C[C@H]1C2=CC(=O)CC[C@@](C)(O2)[C@H]2CC[C@]3(C)C(=O)CC[C@H]3[C@H]12. The van der Waals surface area contributed by atoms with E-state index in [9.17, 15) is 9.59 Å². The van der Waals surface area contributed by atoms with Gasteiger partial charge in [0.1, 0.15) is 17.1 Å². The molecule has 2 bridgehead atoms. The number of carbonyl (C=O) groups excluding carboxylic acids is 2. The fourth-order valence-corrected chi connectivity index (χ4v) is 6.00. The van der Waals surface area contributed by atoms with E-state index in [1.807, 2.05) is 0 Å². The van der Waals surface area contributed by atoms with Crippen molar-refractivity contribution in [1.29, 1.82) is 0 Å². The maximum Gasteiger partial charge on any atom is 0.159 e. The minimum atomic E-state index is -0.220. The Morgan fingerprint density at radius 1 is 1.09 bits per heavy atom. The first-order chi connectivity index (χ1) is 10.3. The minimum absolute atomic E-state index is 0.128. The molecular weight excluding hydrogens is 276 g/mol. The van der Waals surface area contributed by atoms with Crippen molar-refractivity contribution in [2.24, 2.45) is 29.1 Å². The first-order valence-corrected chi connectivity index (χ1v) is 8.82. The van der Waals surface area contributed by atoms with Gasteiger partial charge in [-0.05, 0) is 44.4 Å². The van der Waals surface area contributed by atoms with E-state index in [0.29, 0.717) is 30.0 Å². The Labute approximate surface area is 132 Å². The normalized spacial score (nSPS) is 50.6. The third kappa shape index (κ3) is 1.74. The van der Waals surface area contributed by atoms with Crippen LogP contribution in [0.2, 0.25) is 0 Å². The van der Waals surface area contributed by atoms with Crippen LogP contribution in [0.3, 0.4) is 0 Å². The Hall–Kier alpha value is -1.12. The molecule has 0 aromatic rings. The summed E-state index contributed by atoms with van der Waals surface area (Å²) in [6, 6.07) is 0. The molecule has 120 valence electrons. The lowest BCUT2D eigenvalue weighted by Crippen LogP contribution is -2.55. The van der Waals surface area contributed by atoms with Crippen molar-refractivity contribution in [3.8, 4) is 0 Å². The van der Waals surface area contributed by atoms with Gasteiger partial charge >= 0.3 is 0 Å². The smallest absolute Gasteiger partial charge is 0.159 e. The third-order valence-corrected chi connectivity index (χ3v) is 7.37. The van der Waals surface area contributed by atoms with E-state index in [1.165, 1.54) is 0 Å². The van der Waals surface area contributed by atoms with Crippen molar-refractivity contribution < 1.29 is 14.3 Å². The van der Waals surface area contributed by atoms with Crippen LogP contribution in [0.4, 0.5) is 0 Å². The van der Waals surface area contributed by atoms with Gasteiger partial charge in [-0.25, -0.2) is 0 Å². The van der Waals surface area contributed by atoms with E-state index < -0.39 is 0 Å². The number of Topliss-reactive ketones (excluding diaryl/α,β-unsaturated/α-hetero) is 1. The molecule has 4 rings (SSSR count). The van der Waals surface area contributed by atoms with Crippen molar-refractivity contribution in [2.75, 3.05) is 0 Å². The molecule has 1 saturated heterocycles. The summed E-state index contributed by atoms with van der Waals surface area (Å²) in [7, 11) is 0. The van der Waals surface area contributed by atoms with Crippen LogP contribution in [-0.4, -0.2) is 17.2 Å². The van der Waals surface area contributed by atoms with Crippen LogP contribution < -0.4 is 0 Å². The summed E-state index contributed by atoms with van der Waals surface area (Å²) in [5.74, 6) is 3.25. The van der Waals surface area contributed by atoms with E-state index in [0.717, 1.165) is 37.9 Å². The number of ketones is 2. The molecule has 0 radical (unpaired) electrons. The highest BCUT2D eigenvalue weighted by Crippen LogP contribution is 2.62. The summed E-state index contributed by atoms with van der Waals surface area (Å²) < 4.78 is 6.35. The molecular formula is C19H26O3. The highest BCUT2D eigenvalue weighted by molar-refractivity contribution is 5.90. The van der Waals surface area contributed by atoms with E-state index in [-0.39, 0.29) is 22.7 Å². The summed E-state index contributed by atoms with van der Waals surface area (Å²) in [5.41, 5.74) is -0.348. The largest absolute Gasteiger partial charge is 0.491 e. The highest BCUT2D eigenvalue weighted by atomic mass is 16.5. The monoisotopic (exact) mass is 302 g/mol. The molecule has 2 aliphatic carbocycles. The minimum Gasteiger partial charge on any atom is -0.491 e. The molecule has 22 heavy (non-hydrogen) atoms. The number of fused-ring (bicyclic) bond motifs is 6. The second-order valence-corrected chi connectivity index (χ2v) is 8.42. The van der Waals surface area contributed by atoms with Gasteiger partial charge in [-0.2, -0.15) is 0 Å². The zero-order chi connectivity index (χ0) is 15.7. The molecule has 3 heteroatoms. The molecule has 0 unspecified atom stereocenters. The van der Waals surface area contributed by atoms with E-state index in [4.69, 9.17) is 4.74 Å². The van der Waals surface area contributed by atoms with Crippen LogP contribution in [0.25, 0.3) is 0 Å². The second kappa shape index (κ2) is 4.46. The predicted octanol–water partition coefficient (Wildman–Crippen LogP) is 3.67. The maximum absolute atomic E-state index is 12.5. The Balaban J connectivity index is 1.79. The van der Waals surface area contributed by atoms with E-state index >= 15 is 0 Å². The van der Waals surface area contributed by atoms with Gasteiger partial charge in [-0.1, -0.05) is 13.8 Å². The lowest BCUT2D eigenvalue weighted by Gasteiger charge is -2.57. The summed E-state index contributed by atoms with van der Waals surface area (Å²) in [5, 5.41) is 0. The van der Waals surface area contributed by atoms with Gasteiger partial charge in [-0.15, -0.1) is 0 Å². The number of ether oxygens (including phenoxy) is 1. The van der Waals surface area contributed by atoms with E-state index in [2.05, 4.69) is 20.8 Å². The number of rotatable bonds is 0. The molecule has 4 aliphatic rings. The standard InChI is InChI=1S/C19H26O3/c1-11-15-10-12(20)6-9-19(3,22-15)14-7-8-18(2)13(17(11)14)4-5-16(18)21/h10-11,13-14,17H,4-9H2,1-3H3/t11-,13-,14-,17-,18-,19+/m0/s1. The Morgan fingerprint density at radius 3 is 2.64 bits per heavy atom. The van der Waals surface area contributed by atoms with Gasteiger partial charge in [0.15, 0.2) is 5.78 Å². The summed E-state index contributed by atoms with van der Waals surface area (Å²) >= 11 is 0. The molecule has 2 aliphatic heterocycles. The predicted molar refractivity (Wildman–Crippen MR) is 83.0 cm³/mol. The van der Waals surface area contributed by atoms with Crippen LogP contribution in [-0.2, 0) is 14.3 Å². The van der Waals surface area contributed by atoms with Crippen LogP contribution in [0, 0.1) is 29.1 Å². The lowest BCUT2D eigenvalue weighted by atomic mass is 9.52. The molecule has 3 fully saturated rings. The fraction of sp³-hybridized carbons (Fsp3) is 0.789. The topological polar surface area (TPSA) is 43.4 Å². The molecule has 0 amide bonds. The third-order valence-electron chi connectivity index (χ3n) is 7.37. The molecule has 0 aromatic carbocycles. The summed E-state index contributed by atoms with van der Waals surface area (Å²) in [6.07, 6.45) is 6.98. The van der Waals surface area contributed by atoms with Gasteiger partial charge in [-0.3, -0.25) is 9.59 Å². The van der Waals surface area contributed by atoms with Crippen LogP contribution in [0.5, 0.6) is 0 Å². The van der Waals surface area contributed by atoms with Gasteiger partial charge in [0.05, 0.1) is 0 Å². The molecule has 3 nitrogen and oxygen atoms in total. The van der Waals surface area contributed by atoms with Crippen LogP contribution >= 0.6 is 0 Å². The average molecular weight is 302 g/mol. The van der Waals surface area contributed by atoms with Crippen molar-refractivity contribution >= 4 is 11.6 Å². The van der Waals surface area contributed by atoms with Crippen LogP contribution in [0.15, 0.2) is 11.8 Å². The molecule has 0 N–H and O–H groups in total. The quantitative estimate of drug-likeness (QED) is 0.685. The molecule has 2 heterocycles. The van der Waals surface area contributed by atoms with Gasteiger partial charge in [0.25, 0.3) is 0 Å². The average Bonchev–Trinajstić information content (AvgIpc) is 2.69. The fourth-order valence-electron chi connectivity index (χ4n) is 6.00.